The molecule has 0 aliphatic rings. The maximum atomic E-state index is 13.1. The summed E-state index contributed by atoms with van der Waals surface area (Å²) in [6.45, 7) is 1.49. The van der Waals surface area contributed by atoms with E-state index in [1.165, 1.54) is 26.1 Å². The summed E-state index contributed by atoms with van der Waals surface area (Å²) in [5.74, 6) is -0.972. The Morgan fingerprint density at radius 1 is 1.11 bits per heavy atom. The van der Waals surface area contributed by atoms with E-state index in [-0.39, 0.29) is 16.6 Å². The third-order valence-electron chi connectivity index (χ3n) is 3.67. The Morgan fingerprint density at radius 3 is 2.44 bits per heavy atom. The highest BCUT2D eigenvalue weighted by Gasteiger charge is 2.34. The highest BCUT2D eigenvalue weighted by atomic mass is 35.5. The summed E-state index contributed by atoms with van der Waals surface area (Å²) >= 11 is 5.62. The molecule has 0 bridgehead atoms. The van der Waals surface area contributed by atoms with Gasteiger partial charge in [-0.3, -0.25) is 9.59 Å². The van der Waals surface area contributed by atoms with Gasteiger partial charge in [0.1, 0.15) is 6.04 Å². The summed E-state index contributed by atoms with van der Waals surface area (Å²) in [4.78, 5) is 24.0. The van der Waals surface area contributed by atoms with Crippen LogP contribution in [-0.2, 0) is 11.0 Å². The maximum Gasteiger partial charge on any atom is 0.418 e. The summed E-state index contributed by atoms with van der Waals surface area (Å²) in [6, 6.07) is 8.64. The first-order valence-corrected chi connectivity index (χ1v) is 8.26. The zero-order chi connectivity index (χ0) is 20.2. The van der Waals surface area contributed by atoms with Crippen molar-refractivity contribution in [2.24, 2.45) is 0 Å². The van der Waals surface area contributed by atoms with Gasteiger partial charge in [0.25, 0.3) is 5.91 Å². The average molecular weight is 400 g/mol. The fourth-order valence-electron chi connectivity index (χ4n) is 2.31. The molecule has 1 atom stereocenters. The summed E-state index contributed by atoms with van der Waals surface area (Å²) in [5.41, 5.74) is -0.556. The number of hydrogen-bond donors (Lipinski definition) is 3. The van der Waals surface area contributed by atoms with E-state index < -0.39 is 23.7 Å². The normalized spacial score (nSPS) is 12.2. The molecule has 2 aromatic carbocycles. The van der Waals surface area contributed by atoms with Crippen molar-refractivity contribution >= 4 is 34.8 Å². The molecule has 3 N–H and O–H groups in total. The Bertz CT molecular complexity index is 856. The Labute approximate surface area is 158 Å². The lowest BCUT2D eigenvalue weighted by Crippen LogP contribution is -2.32. The molecule has 0 aliphatic carbocycles. The Morgan fingerprint density at radius 2 is 1.81 bits per heavy atom. The molecule has 0 saturated heterocycles. The molecule has 2 amide bonds. The first-order chi connectivity index (χ1) is 12.6. The van der Waals surface area contributed by atoms with Crippen LogP contribution in [0.1, 0.15) is 22.8 Å². The molecular weight excluding hydrogens is 383 g/mol. The van der Waals surface area contributed by atoms with Crippen LogP contribution in [0, 0.1) is 0 Å². The number of benzene rings is 2. The molecule has 0 aromatic heterocycles. The van der Waals surface area contributed by atoms with E-state index in [1.54, 1.807) is 18.2 Å². The van der Waals surface area contributed by atoms with Gasteiger partial charge in [-0.1, -0.05) is 17.7 Å². The first-order valence-electron chi connectivity index (χ1n) is 7.88. The van der Waals surface area contributed by atoms with Crippen molar-refractivity contribution in [3.8, 4) is 0 Å². The van der Waals surface area contributed by atoms with Crippen LogP contribution in [0.3, 0.4) is 0 Å². The van der Waals surface area contributed by atoms with Crippen LogP contribution in [-0.4, -0.2) is 24.9 Å². The molecule has 9 heteroatoms. The monoisotopic (exact) mass is 399 g/mol. The molecule has 2 aromatic rings. The minimum atomic E-state index is -4.66. The molecule has 0 heterocycles. The van der Waals surface area contributed by atoms with Gasteiger partial charge in [-0.2, -0.15) is 13.2 Å². The van der Waals surface area contributed by atoms with E-state index in [2.05, 4.69) is 16.0 Å². The van der Waals surface area contributed by atoms with Crippen LogP contribution >= 0.6 is 11.6 Å². The number of nitrogens with one attached hydrogen (secondary N) is 3. The maximum absolute atomic E-state index is 13.1. The summed E-state index contributed by atoms with van der Waals surface area (Å²) in [6.07, 6.45) is -4.66. The smallest absolute Gasteiger partial charge is 0.374 e. The molecule has 0 saturated carbocycles. The van der Waals surface area contributed by atoms with Gasteiger partial charge in [-0.05, 0) is 43.3 Å². The lowest BCUT2D eigenvalue weighted by atomic mass is 10.1. The Balaban J connectivity index is 2.14. The van der Waals surface area contributed by atoms with Gasteiger partial charge in [0.15, 0.2) is 0 Å². The number of amides is 2. The third-order valence-corrected chi connectivity index (χ3v) is 3.91. The van der Waals surface area contributed by atoms with E-state index >= 15 is 0 Å². The zero-order valence-electron chi connectivity index (χ0n) is 14.4. The molecule has 2 rings (SSSR count). The quantitative estimate of drug-likeness (QED) is 0.707. The van der Waals surface area contributed by atoms with Crippen LogP contribution in [0.5, 0.6) is 0 Å². The van der Waals surface area contributed by atoms with Gasteiger partial charge >= 0.3 is 6.18 Å². The van der Waals surface area contributed by atoms with Gasteiger partial charge in [-0.15, -0.1) is 0 Å². The molecule has 27 heavy (non-hydrogen) atoms. The first kappa shape index (κ1) is 20.6. The van der Waals surface area contributed by atoms with Gasteiger partial charge in [0.2, 0.25) is 5.91 Å². The van der Waals surface area contributed by atoms with Gasteiger partial charge in [0, 0.05) is 23.3 Å². The summed E-state index contributed by atoms with van der Waals surface area (Å²) in [7, 11) is 1.49. The largest absolute Gasteiger partial charge is 0.418 e. The van der Waals surface area contributed by atoms with Gasteiger partial charge in [-0.25, -0.2) is 0 Å². The molecule has 1 unspecified atom stereocenters. The van der Waals surface area contributed by atoms with Crippen molar-refractivity contribution in [3.63, 3.8) is 0 Å². The number of anilines is 2. The predicted octanol–water partition coefficient (Wildman–Crippen LogP) is 4.16. The number of hydrogen-bond acceptors (Lipinski definition) is 3. The van der Waals surface area contributed by atoms with Gasteiger partial charge < -0.3 is 16.0 Å². The van der Waals surface area contributed by atoms with E-state index in [0.717, 1.165) is 12.1 Å². The average Bonchev–Trinajstić information content (AvgIpc) is 2.61. The fourth-order valence-corrected chi connectivity index (χ4v) is 2.48. The number of rotatable bonds is 5. The molecule has 5 nitrogen and oxygen atoms in total. The predicted molar refractivity (Wildman–Crippen MR) is 98.0 cm³/mol. The van der Waals surface area contributed by atoms with Crippen LogP contribution in [0.2, 0.25) is 5.02 Å². The lowest BCUT2D eigenvalue weighted by Gasteiger charge is -2.18. The highest BCUT2D eigenvalue weighted by molar-refractivity contribution is 6.30. The van der Waals surface area contributed by atoms with Crippen LogP contribution in [0.15, 0.2) is 42.5 Å². The molecule has 144 valence electrons. The van der Waals surface area contributed by atoms with Crippen LogP contribution < -0.4 is 16.0 Å². The molecule has 0 fully saturated rings. The van der Waals surface area contributed by atoms with E-state index in [0.29, 0.717) is 11.3 Å². The van der Waals surface area contributed by atoms with Crippen molar-refractivity contribution in [2.75, 3.05) is 17.7 Å². The second-order valence-electron chi connectivity index (χ2n) is 5.70. The molecule has 0 aliphatic heterocycles. The Hall–Kier alpha value is -2.74. The highest BCUT2D eigenvalue weighted by Crippen LogP contribution is 2.36. The minimum absolute atomic E-state index is 0.0856. The minimum Gasteiger partial charge on any atom is -0.374 e. The van der Waals surface area contributed by atoms with Crippen LogP contribution in [0.4, 0.5) is 24.5 Å². The zero-order valence-corrected chi connectivity index (χ0v) is 15.2. The topological polar surface area (TPSA) is 70.2 Å². The summed E-state index contributed by atoms with van der Waals surface area (Å²) < 4.78 is 39.4. The second-order valence-corrected chi connectivity index (χ2v) is 6.14. The van der Waals surface area contributed by atoms with E-state index in [4.69, 9.17) is 11.6 Å². The number of alkyl halides is 3. The van der Waals surface area contributed by atoms with Crippen molar-refractivity contribution in [2.45, 2.75) is 19.1 Å². The summed E-state index contributed by atoms with van der Waals surface area (Å²) in [5, 5.41) is 7.50. The van der Waals surface area contributed by atoms with E-state index in [9.17, 15) is 22.8 Å². The third kappa shape index (κ3) is 5.37. The van der Waals surface area contributed by atoms with Crippen LogP contribution in [0.25, 0.3) is 0 Å². The van der Waals surface area contributed by atoms with Crippen molar-refractivity contribution in [1.29, 1.82) is 0 Å². The Kier molecular flexibility index (Phi) is 6.32. The van der Waals surface area contributed by atoms with Crippen molar-refractivity contribution in [1.82, 2.24) is 5.32 Å². The standard InChI is InChI=1S/C18H17ClF3N3O2/c1-10(24-13-5-3-4-11(8-13)17(27)23-2)16(26)25-15-7-6-12(19)9-14(15)18(20,21)22/h3-10,24H,1-2H3,(H,23,27)(H,25,26). The SMILES string of the molecule is CNC(=O)c1cccc(NC(C)C(=O)Nc2ccc(Cl)cc2C(F)(F)F)c1. The van der Waals surface area contributed by atoms with E-state index in [1.807, 2.05) is 0 Å². The second kappa shape index (κ2) is 8.30. The van der Waals surface area contributed by atoms with Crippen molar-refractivity contribution in [3.05, 3.63) is 58.6 Å². The fraction of sp³-hybridized carbons (Fsp3) is 0.222. The molecule has 0 radical (unpaired) electrons. The number of halogens is 4. The van der Waals surface area contributed by atoms with Gasteiger partial charge in [0.05, 0.1) is 11.3 Å². The number of carbonyl (C=O) groups excluding carboxylic acids is 2. The lowest BCUT2D eigenvalue weighted by molar-refractivity contribution is -0.137. The number of carbonyl (C=O) groups is 2. The van der Waals surface area contributed by atoms with Crippen molar-refractivity contribution < 1.29 is 22.8 Å². The molecule has 0 spiro atoms. The molecular formula is C18H17ClF3N3O2.